The lowest BCUT2D eigenvalue weighted by atomic mass is 10.0. The molecule has 1 N–H and O–H groups in total. The van der Waals surface area contributed by atoms with Gasteiger partial charge in [0.1, 0.15) is 12.6 Å². The Balaban J connectivity index is 1.89. The number of halogens is 5. The molecular weight excluding hydrogens is 686 g/mol. The number of sulfonamides is 1. The second-order valence-electron chi connectivity index (χ2n) is 12.0. The van der Waals surface area contributed by atoms with Crippen molar-refractivity contribution >= 4 is 50.7 Å². The quantitative estimate of drug-likeness (QED) is 0.172. The van der Waals surface area contributed by atoms with Crippen LogP contribution < -0.4 is 9.62 Å². The highest BCUT2D eigenvalue weighted by molar-refractivity contribution is 7.92. The van der Waals surface area contributed by atoms with Crippen LogP contribution in [0, 0.1) is 0 Å². The fraction of sp³-hybridized carbons (Fsp3) is 0.257. The summed E-state index contributed by atoms with van der Waals surface area (Å²) >= 11 is 12.9. The van der Waals surface area contributed by atoms with Crippen LogP contribution in [0.2, 0.25) is 10.0 Å². The molecule has 0 aliphatic rings. The summed E-state index contributed by atoms with van der Waals surface area (Å²) in [6, 6.07) is 23.6. The van der Waals surface area contributed by atoms with E-state index in [2.05, 4.69) is 5.32 Å². The van der Waals surface area contributed by atoms with Gasteiger partial charge in [-0.05, 0) is 68.3 Å². The summed E-state index contributed by atoms with van der Waals surface area (Å²) in [7, 11) is -4.67. The van der Waals surface area contributed by atoms with E-state index in [0.717, 1.165) is 12.1 Å². The number of benzene rings is 4. The fourth-order valence-electron chi connectivity index (χ4n) is 4.93. The van der Waals surface area contributed by atoms with E-state index in [1.807, 2.05) is 0 Å². The molecule has 0 aliphatic carbocycles. The first-order valence-electron chi connectivity index (χ1n) is 14.8. The zero-order valence-corrected chi connectivity index (χ0v) is 28.7. The van der Waals surface area contributed by atoms with E-state index in [4.69, 9.17) is 23.2 Å². The standard InChI is InChI=1S/C35H34Cl2F3N3O4S/c1-34(2,3)41-33(45)31(20-24-12-6-4-7-13-24)42(22-25-14-10-11-17-28(25)36)32(44)23-43(48(46,47)27-15-8-5-9-16-27)30-21-26(35(38,39)40)18-19-29(30)37/h4-19,21,31H,20,22-23H2,1-3H3,(H,41,45)/t31-/m1/s1. The summed E-state index contributed by atoms with van der Waals surface area (Å²) in [5.74, 6) is -1.41. The van der Waals surface area contributed by atoms with Gasteiger partial charge in [0.25, 0.3) is 10.0 Å². The Morgan fingerprint density at radius 2 is 1.40 bits per heavy atom. The minimum atomic E-state index is -4.84. The van der Waals surface area contributed by atoms with Gasteiger partial charge in [0.05, 0.1) is 21.2 Å². The van der Waals surface area contributed by atoms with E-state index >= 15 is 0 Å². The summed E-state index contributed by atoms with van der Waals surface area (Å²) in [6.07, 6.45) is -4.80. The van der Waals surface area contributed by atoms with E-state index in [1.165, 1.54) is 29.2 Å². The summed E-state index contributed by atoms with van der Waals surface area (Å²) in [4.78, 5) is 29.4. The molecule has 0 unspecified atom stereocenters. The molecule has 1 atom stereocenters. The van der Waals surface area contributed by atoms with Crippen molar-refractivity contribution in [2.75, 3.05) is 10.8 Å². The van der Waals surface area contributed by atoms with Crippen molar-refractivity contribution in [3.05, 3.63) is 130 Å². The van der Waals surface area contributed by atoms with Gasteiger partial charge < -0.3 is 10.2 Å². The summed E-state index contributed by atoms with van der Waals surface area (Å²) in [5.41, 5.74) is -1.26. The molecule has 254 valence electrons. The van der Waals surface area contributed by atoms with Crippen LogP contribution in [-0.2, 0) is 38.8 Å². The molecule has 0 saturated carbocycles. The molecule has 4 aromatic rings. The Kier molecular flexibility index (Phi) is 11.5. The van der Waals surface area contributed by atoms with Gasteiger partial charge in [0.15, 0.2) is 0 Å². The van der Waals surface area contributed by atoms with Gasteiger partial charge in [-0.1, -0.05) is 89.9 Å². The van der Waals surface area contributed by atoms with Crippen molar-refractivity contribution in [3.63, 3.8) is 0 Å². The maximum Gasteiger partial charge on any atom is 0.416 e. The van der Waals surface area contributed by atoms with Gasteiger partial charge in [-0.25, -0.2) is 8.42 Å². The minimum Gasteiger partial charge on any atom is -0.350 e. The summed E-state index contributed by atoms with van der Waals surface area (Å²) in [6.45, 7) is 4.11. The van der Waals surface area contributed by atoms with Crippen LogP contribution >= 0.6 is 23.2 Å². The number of nitrogens with one attached hydrogen (secondary N) is 1. The van der Waals surface area contributed by atoms with Crippen molar-refractivity contribution in [2.45, 2.75) is 56.4 Å². The smallest absolute Gasteiger partial charge is 0.350 e. The molecule has 0 aliphatic heterocycles. The number of alkyl halides is 3. The maximum atomic E-state index is 14.5. The molecule has 0 aromatic heterocycles. The molecule has 7 nitrogen and oxygen atoms in total. The largest absolute Gasteiger partial charge is 0.416 e. The van der Waals surface area contributed by atoms with Crippen molar-refractivity contribution in [1.29, 1.82) is 0 Å². The molecule has 48 heavy (non-hydrogen) atoms. The topological polar surface area (TPSA) is 86.8 Å². The number of rotatable bonds is 11. The molecule has 4 rings (SSSR count). The first kappa shape index (κ1) is 36.8. The highest BCUT2D eigenvalue weighted by Crippen LogP contribution is 2.37. The second kappa shape index (κ2) is 15.0. The number of anilines is 1. The third-order valence-corrected chi connectivity index (χ3v) is 9.68. The van der Waals surface area contributed by atoms with Crippen LogP contribution in [0.5, 0.6) is 0 Å². The van der Waals surface area contributed by atoms with Gasteiger partial charge in [-0.3, -0.25) is 13.9 Å². The SMILES string of the molecule is CC(C)(C)NC(=O)[C@@H](Cc1ccccc1)N(Cc1ccccc1Cl)C(=O)CN(c1cc(C(F)(F)F)ccc1Cl)S(=O)(=O)c1ccccc1. The van der Waals surface area contributed by atoms with Gasteiger partial charge in [-0.2, -0.15) is 13.2 Å². The van der Waals surface area contributed by atoms with Crippen LogP contribution in [-0.4, -0.2) is 43.3 Å². The normalized spacial score (nSPS) is 12.7. The zero-order valence-electron chi connectivity index (χ0n) is 26.3. The Hall–Kier alpha value is -4.06. The Labute approximate surface area is 288 Å². The van der Waals surface area contributed by atoms with Crippen LogP contribution in [0.4, 0.5) is 18.9 Å². The van der Waals surface area contributed by atoms with Crippen LogP contribution in [0.3, 0.4) is 0 Å². The second-order valence-corrected chi connectivity index (χ2v) is 14.7. The van der Waals surface area contributed by atoms with Crippen molar-refractivity contribution in [3.8, 4) is 0 Å². The molecule has 0 fully saturated rings. The van der Waals surface area contributed by atoms with Gasteiger partial charge in [0.2, 0.25) is 11.8 Å². The molecule has 0 saturated heterocycles. The highest BCUT2D eigenvalue weighted by Gasteiger charge is 2.38. The van der Waals surface area contributed by atoms with E-state index in [9.17, 15) is 31.2 Å². The molecule has 0 heterocycles. The molecule has 4 aromatic carbocycles. The van der Waals surface area contributed by atoms with E-state index in [1.54, 1.807) is 81.4 Å². The minimum absolute atomic E-state index is 0.0364. The first-order valence-corrected chi connectivity index (χ1v) is 17.0. The van der Waals surface area contributed by atoms with E-state index < -0.39 is 57.4 Å². The Bertz CT molecular complexity index is 1850. The molecule has 2 amide bonds. The zero-order chi connectivity index (χ0) is 35.3. The Morgan fingerprint density at radius 3 is 1.98 bits per heavy atom. The lowest BCUT2D eigenvalue weighted by Gasteiger charge is -2.35. The van der Waals surface area contributed by atoms with Crippen LogP contribution in [0.15, 0.2) is 108 Å². The van der Waals surface area contributed by atoms with Gasteiger partial charge in [0, 0.05) is 23.5 Å². The Morgan fingerprint density at radius 1 is 0.812 bits per heavy atom. The first-order chi connectivity index (χ1) is 22.5. The van der Waals surface area contributed by atoms with E-state index in [0.29, 0.717) is 26.5 Å². The molecule has 0 bridgehead atoms. The predicted molar refractivity (Wildman–Crippen MR) is 181 cm³/mol. The number of hydrogen-bond acceptors (Lipinski definition) is 4. The van der Waals surface area contributed by atoms with Gasteiger partial charge in [-0.15, -0.1) is 0 Å². The number of nitrogens with zero attached hydrogens (tertiary/aromatic N) is 2. The average molecular weight is 721 g/mol. The van der Waals surface area contributed by atoms with Gasteiger partial charge >= 0.3 is 6.18 Å². The monoisotopic (exact) mass is 719 g/mol. The predicted octanol–water partition coefficient (Wildman–Crippen LogP) is 7.76. The number of carbonyl (C=O) groups is 2. The van der Waals surface area contributed by atoms with Crippen molar-refractivity contribution < 1.29 is 31.2 Å². The summed E-state index contributed by atoms with van der Waals surface area (Å²) < 4.78 is 70.3. The lowest BCUT2D eigenvalue weighted by Crippen LogP contribution is -2.56. The maximum absolute atomic E-state index is 14.5. The summed E-state index contributed by atoms with van der Waals surface area (Å²) in [5, 5.41) is 2.86. The fourth-order valence-corrected chi connectivity index (χ4v) is 6.84. The average Bonchev–Trinajstić information content (AvgIpc) is 3.02. The number of hydrogen-bond donors (Lipinski definition) is 1. The highest BCUT2D eigenvalue weighted by atomic mass is 35.5. The third-order valence-electron chi connectivity index (χ3n) is 7.22. The third kappa shape index (κ3) is 9.30. The molecular formula is C35H34Cl2F3N3O4S. The molecule has 0 radical (unpaired) electrons. The van der Waals surface area contributed by atoms with Crippen molar-refractivity contribution in [1.82, 2.24) is 10.2 Å². The van der Waals surface area contributed by atoms with Crippen molar-refractivity contribution in [2.24, 2.45) is 0 Å². The number of amides is 2. The van der Waals surface area contributed by atoms with Crippen LogP contribution in [0.1, 0.15) is 37.5 Å². The number of carbonyl (C=O) groups excluding carboxylic acids is 2. The molecule has 0 spiro atoms. The lowest BCUT2D eigenvalue weighted by molar-refractivity contribution is -0.140. The molecule has 13 heteroatoms. The van der Waals surface area contributed by atoms with E-state index in [-0.39, 0.29) is 22.9 Å². The van der Waals surface area contributed by atoms with Crippen LogP contribution in [0.25, 0.3) is 0 Å².